The molecule has 0 unspecified atom stereocenters. The summed E-state index contributed by atoms with van der Waals surface area (Å²) in [4.78, 5) is 11.1. The summed E-state index contributed by atoms with van der Waals surface area (Å²) in [7, 11) is 0. The van der Waals surface area contributed by atoms with Crippen LogP contribution in [-0.4, -0.2) is 12.6 Å². The summed E-state index contributed by atoms with van der Waals surface area (Å²) in [6.07, 6.45) is 1.11. The topological polar surface area (TPSA) is 53.2 Å². The normalized spacial score (nSPS) is 8.93. The SMILES string of the molecule is CCOC(=O)c1ccc([S-])[n+]([O-])c1.[Na+]. The van der Waals surface area contributed by atoms with E-state index in [0.29, 0.717) is 4.73 Å². The molecule has 0 saturated carbocycles. The van der Waals surface area contributed by atoms with E-state index in [9.17, 15) is 10.0 Å². The largest absolute Gasteiger partial charge is 1.00 e. The molecule has 0 atom stereocenters. The van der Waals surface area contributed by atoms with Gasteiger partial charge in [-0.3, -0.25) is 0 Å². The number of esters is 1. The first-order valence-electron chi connectivity index (χ1n) is 3.72. The second-order valence-electron chi connectivity index (χ2n) is 2.30. The summed E-state index contributed by atoms with van der Waals surface area (Å²) in [6.45, 7) is 1.98. The molecule has 0 amide bonds. The molecule has 0 bridgehead atoms. The van der Waals surface area contributed by atoms with E-state index in [4.69, 9.17) is 4.74 Å². The zero-order chi connectivity index (χ0) is 9.84. The van der Waals surface area contributed by atoms with Gasteiger partial charge in [0.2, 0.25) is 0 Å². The molecule has 1 aromatic rings. The summed E-state index contributed by atoms with van der Waals surface area (Å²) in [5.74, 6) is -0.512. The first kappa shape index (κ1) is 13.6. The zero-order valence-electron chi connectivity index (χ0n) is 8.02. The molecule has 6 heteroatoms. The Balaban J connectivity index is 0.00000169. The Morgan fingerprint density at radius 3 is 2.79 bits per heavy atom. The number of carbonyl (C=O) groups excluding carboxylic acids is 1. The van der Waals surface area contributed by atoms with Crippen LogP contribution in [0.5, 0.6) is 0 Å². The summed E-state index contributed by atoms with van der Waals surface area (Å²) in [6, 6.07) is 2.86. The van der Waals surface area contributed by atoms with E-state index in [2.05, 4.69) is 12.6 Å². The van der Waals surface area contributed by atoms with Crippen LogP contribution >= 0.6 is 0 Å². The van der Waals surface area contributed by atoms with Crippen LogP contribution in [-0.2, 0) is 17.4 Å². The van der Waals surface area contributed by atoms with Crippen LogP contribution in [0.25, 0.3) is 0 Å². The number of rotatable bonds is 2. The fraction of sp³-hybridized carbons (Fsp3) is 0.250. The van der Waals surface area contributed by atoms with E-state index in [-0.39, 0.29) is 46.8 Å². The summed E-state index contributed by atoms with van der Waals surface area (Å²) in [5, 5.41) is 11.1. The van der Waals surface area contributed by atoms with E-state index in [1.54, 1.807) is 6.92 Å². The number of carbonyl (C=O) groups is 1. The Hall–Kier alpha value is -0.360. The summed E-state index contributed by atoms with van der Waals surface area (Å²) >= 11 is 4.66. The fourth-order valence-corrected chi connectivity index (χ4v) is 0.923. The molecule has 0 fully saturated rings. The van der Waals surface area contributed by atoms with Crippen LogP contribution in [0, 0.1) is 5.21 Å². The average Bonchev–Trinajstić information content (AvgIpc) is 2.10. The Bertz CT molecular complexity index is 332. The molecule has 1 aromatic heterocycles. The monoisotopic (exact) mass is 221 g/mol. The van der Waals surface area contributed by atoms with E-state index in [1.165, 1.54) is 12.1 Å². The molecule has 0 radical (unpaired) electrons. The van der Waals surface area contributed by atoms with Crippen LogP contribution in [0.4, 0.5) is 0 Å². The average molecular weight is 221 g/mol. The van der Waals surface area contributed by atoms with Crippen LogP contribution in [0.15, 0.2) is 23.4 Å². The molecule has 0 aliphatic carbocycles. The number of pyridine rings is 1. The fourth-order valence-electron chi connectivity index (χ4n) is 0.803. The van der Waals surface area contributed by atoms with Crippen molar-refractivity contribution in [2.24, 2.45) is 0 Å². The van der Waals surface area contributed by atoms with Gasteiger partial charge < -0.3 is 22.6 Å². The van der Waals surface area contributed by atoms with Gasteiger partial charge in [0.1, 0.15) is 5.56 Å². The summed E-state index contributed by atoms with van der Waals surface area (Å²) < 4.78 is 5.16. The summed E-state index contributed by atoms with van der Waals surface area (Å²) in [5.41, 5.74) is 0.213. The third-order valence-electron chi connectivity index (χ3n) is 1.39. The smallest absolute Gasteiger partial charge is 0.709 e. The Kier molecular flexibility index (Phi) is 6.03. The number of hydrogen-bond donors (Lipinski definition) is 0. The third kappa shape index (κ3) is 3.42. The van der Waals surface area contributed by atoms with Crippen molar-refractivity contribution >= 4 is 18.6 Å². The minimum atomic E-state index is -0.512. The van der Waals surface area contributed by atoms with Gasteiger partial charge in [-0.2, -0.15) is 4.73 Å². The quantitative estimate of drug-likeness (QED) is 0.181. The second kappa shape index (κ2) is 6.19. The maximum Gasteiger partial charge on any atom is 1.00 e. The minimum Gasteiger partial charge on any atom is -0.709 e. The van der Waals surface area contributed by atoms with E-state index in [0.717, 1.165) is 6.20 Å². The minimum absolute atomic E-state index is 0. The van der Waals surface area contributed by atoms with Gasteiger partial charge in [-0.05, 0) is 19.1 Å². The second-order valence-corrected chi connectivity index (χ2v) is 2.72. The van der Waals surface area contributed by atoms with Crippen molar-refractivity contribution in [1.82, 2.24) is 0 Å². The molecule has 0 N–H and O–H groups in total. The van der Waals surface area contributed by atoms with Gasteiger partial charge in [-0.25, -0.2) is 4.79 Å². The molecule has 0 aliphatic rings. The van der Waals surface area contributed by atoms with Crippen LogP contribution in [0.2, 0.25) is 0 Å². The number of hydrogen-bond acceptors (Lipinski definition) is 4. The zero-order valence-corrected chi connectivity index (χ0v) is 10.8. The van der Waals surface area contributed by atoms with Crippen molar-refractivity contribution in [3.63, 3.8) is 0 Å². The maximum atomic E-state index is 11.1. The number of aromatic nitrogens is 1. The molecular formula is C8H8NNaO3S. The van der Waals surface area contributed by atoms with Gasteiger partial charge in [0.15, 0.2) is 6.20 Å². The molecule has 0 aliphatic heterocycles. The van der Waals surface area contributed by atoms with Gasteiger partial charge in [-0.15, -0.1) is 0 Å². The van der Waals surface area contributed by atoms with Gasteiger partial charge in [0, 0.05) is 0 Å². The van der Waals surface area contributed by atoms with Crippen LogP contribution in [0.1, 0.15) is 17.3 Å². The molecule has 0 saturated heterocycles. The number of nitrogens with zero attached hydrogens (tertiary/aromatic N) is 1. The Labute approximate surface area is 110 Å². The Morgan fingerprint density at radius 1 is 1.64 bits per heavy atom. The van der Waals surface area contributed by atoms with E-state index < -0.39 is 5.97 Å². The molecule has 1 heterocycles. The molecule has 4 nitrogen and oxygen atoms in total. The van der Waals surface area contributed by atoms with Crippen molar-refractivity contribution in [2.75, 3.05) is 6.61 Å². The molecular weight excluding hydrogens is 213 g/mol. The van der Waals surface area contributed by atoms with Crippen molar-refractivity contribution in [3.8, 4) is 0 Å². The van der Waals surface area contributed by atoms with Crippen molar-refractivity contribution in [2.45, 2.75) is 11.9 Å². The molecule has 14 heavy (non-hydrogen) atoms. The van der Waals surface area contributed by atoms with E-state index >= 15 is 0 Å². The molecule has 70 valence electrons. The Morgan fingerprint density at radius 2 is 2.29 bits per heavy atom. The van der Waals surface area contributed by atoms with Crippen molar-refractivity contribution < 1.29 is 43.8 Å². The maximum absolute atomic E-state index is 11.1. The van der Waals surface area contributed by atoms with E-state index in [1.807, 2.05) is 0 Å². The molecule has 1 rings (SSSR count). The van der Waals surface area contributed by atoms with Gasteiger partial charge in [0.25, 0.3) is 0 Å². The molecule has 0 spiro atoms. The first-order chi connectivity index (χ1) is 6.15. The van der Waals surface area contributed by atoms with Gasteiger partial charge >= 0.3 is 35.5 Å². The van der Waals surface area contributed by atoms with Gasteiger partial charge in [-0.1, -0.05) is 0 Å². The first-order valence-corrected chi connectivity index (χ1v) is 4.13. The third-order valence-corrected chi connectivity index (χ3v) is 1.71. The standard InChI is InChI=1S/C8H9NO3S.Na/c1-2-12-8(10)6-3-4-7(13)9(11)5-6;/h3-5,13H,2H2,1H3;/q;+1/p-1. The number of ether oxygens (including phenoxy) is 1. The van der Waals surface area contributed by atoms with Gasteiger partial charge in [0.05, 0.1) is 11.6 Å². The van der Waals surface area contributed by atoms with Crippen LogP contribution < -0.4 is 34.3 Å². The van der Waals surface area contributed by atoms with Crippen molar-refractivity contribution in [3.05, 3.63) is 29.1 Å². The predicted octanol–water partition coefficient (Wildman–Crippen LogP) is -2.59. The van der Waals surface area contributed by atoms with Crippen molar-refractivity contribution in [1.29, 1.82) is 0 Å². The molecule has 0 aromatic carbocycles. The van der Waals surface area contributed by atoms with Crippen LogP contribution in [0.3, 0.4) is 0 Å². The predicted molar refractivity (Wildman–Crippen MR) is 47.0 cm³/mol.